The molecular weight excluding hydrogens is 228 g/mol. The van der Waals surface area contributed by atoms with Gasteiger partial charge in [0.05, 0.1) is 5.60 Å². The molecule has 0 aromatic carbocycles. The van der Waals surface area contributed by atoms with E-state index in [-0.39, 0.29) is 11.6 Å². The van der Waals surface area contributed by atoms with Crippen molar-refractivity contribution in [1.29, 1.82) is 0 Å². The van der Waals surface area contributed by atoms with Crippen LogP contribution in [-0.4, -0.2) is 22.3 Å². The Hall–Kier alpha value is -0.830. The van der Waals surface area contributed by atoms with Crippen LogP contribution in [-0.2, 0) is 9.53 Å². The number of ether oxygens (including phenoxy) is 1. The lowest BCUT2D eigenvalue weighted by molar-refractivity contribution is -0.216. The van der Waals surface area contributed by atoms with Gasteiger partial charge in [0.2, 0.25) is 0 Å². The van der Waals surface area contributed by atoms with Crippen molar-refractivity contribution in [2.75, 3.05) is 0 Å². The molecule has 3 nitrogen and oxygen atoms in total. The quantitative estimate of drug-likeness (QED) is 0.605. The van der Waals surface area contributed by atoms with E-state index in [0.717, 1.165) is 31.3 Å². The number of carbonyl (C=O) groups is 1. The molecular formula is C15H22O3. The van der Waals surface area contributed by atoms with Crippen molar-refractivity contribution in [2.45, 2.75) is 63.6 Å². The van der Waals surface area contributed by atoms with Crippen LogP contribution in [0.25, 0.3) is 0 Å². The Bertz CT molecular complexity index is 392. The predicted octanol–water partition coefficient (Wildman–Crippen LogP) is 2.58. The summed E-state index contributed by atoms with van der Waals surface area (Å²) in [5, 5.41) is 10.6. The van der Waals surface area contributed by atoms with Crippen LogP contribution >= 0.6 is 0 Å². The Morgan fingerprint density at radius 2 is 1.83 bits per heavy atom. The lowest BCUT2D eigenvalue weighted by atomic mass is 9.52. The molecule has 4 aliphatic rings. The number of carbonyl (C=O) groups excluding carboxylic acids is 1. The summed E-state index contributed by atoms with van der Waals surface area (Å²) in [7, 11) is 0. The normalized spacial score (nSPS) is 44.8. The zero-order valence-corrected chi connectivity index (χ0v) is 11.2. The summed E-state index contributed by atoms with van der Waals surface area (Å²) in [6.45, 7) is 3.79. The summed E-state index contributed by atoms with van der Waals surface area (Å²) >= 11 is 0. The monoisotopic (exact) mass is 250 g/mol. The van der Waals surface area contributed by atoms with Crippen molar-refractivity contribution >= 4 is 5.97 Å². The molecule has 0 spiro atoms. The minimum Gasteiger partial charge on any atom is -0.456 e. The van der Waals surface area contributed by atoms with E-state index in [0.29, 0.717) is 18.3 Å². The fourth-order valence-corrected chi connectivity index (χ4v) is 4.73. The van der Waals surface area contributed by atoms with Gasteiger partial charge >= 0.3 is 5.97 Å². The SMILES string of the molecule is CC(C)=CC(=O)OC12CC3CC(CC(O)(C3)C1)C2. The molecule has 4 saturated carbocycles. The average Bonchev–Trinajstić information content (AvgIpc) is 2.08. The molecule has 2 atom stereocenters. The van der Waals surface area contributed by atoms with Crippen molar-refractivity contribution in [3.63, 3.8) is 0 Å². The van der Waals surface area contributed by atoms with Crippen LogP contribution < -0.4 is 0 Å². The number of hydrogen-bond acceptors (Lipinski definition) is 3. The molecule has 3 heteroatoms. The first-order valence-electron chi connectivity index (χ1n) is 6.98. The minimum atomic E-state index is -0.560. The molecule has 0 radical (unpaired) electrons. The molecule has 4 bridgehead atoms. The first kappa shape index (κ1) is 12.2. The zero-order valence-electron chi connectivity index (χ0n) is 11.2. The number of allylic oxidation sites excluding steroid dienone is 1. The Morgan fingerprint density at radius 3 is 2.33 bits per heavy atom. The van der Waals surface area contributed by atoms with Crippen LogP contribution in [0, 0.1) is 11.8 Å². The van der Waals surface area contributed by atoms with Gasteiger partial charge in [0.1, 0.15) is 5.60 Å². The van der Waals surface area contributed by atoms with Gasteiger partial charge in [-0.3, -0.25) is 0 Å². The standard InChI is InChI=1S/C15H22O3/c1-10(2)3-13(16)18-15-7-11-4-12(8-15)6-14(17,5-11)9-15/h3,11-12,17H,4-9H2,1-2H3. The highest BCUT2D eigenvalue weighted by Gasteiger charge is 2.59. The minimum absolute atomic E-state index is 0.236. The third-order valence-electron chi connectivity index (χ3n) is 4.70. The molecule has 0 saturated heterocycles. The summed E-state index contributed by atoms with van der Waals surface area (Å²) in [6, 6.07) is 0. The Labute approximate surface area is 108 Å². The van der Waals surface area contributed by atoms with E-state index in [1.807, 2.05) is 13.8 Å². The number of esters is 1. The van der Waals surface area contributed by atoms with Crippen LogP contribution in [0.4, 0.5) is 0 Å². The average molecular weight is 250 g/mol. The third kappa shape index (κ3) is 2.09. The lowest BCUT2D eigenvalue weighted by Crippen LogP contribution is -2.60. The molecule has 0 amide bonds. The number of aliphatic hydroxyl groups is 1. The molecule has 4 rings (SSSR count). The Balaban J connectivity index is 1.79. The van der Waals surface area contributed by atoms with Crippen LogP contribution in [0.2, 0.25) is 0 Å². The Kier molecular flexibility index (Phi) is 2.60. The summed E-state index contributed by atoms with van der Waals surface area (Å²) in [4.78, 5) is 11.9. The largest absolute Gasteiger partial charge is 0.456 e. The molecule has 1 N–H and O–H groups in total. The summed E-state index contributed by atoms with van der Waals surface area (Å²) in [5.74, 6) is 0.868. The van der Waals surface area contributed by atoms with Gasteiger partial charge in [-0.05, 0) is 57.8 Å². The first-order valence-corrected chi connectivity index (χ1v) is 6.98. The molecule has 100 valence electrons. The number of hydrogen-bond donors (Lipinski definition) is 1. The van der Waals surface area contributed by atoms with Crippen LogP contribution in [0.3, 0.4) is 0 Å². The number of rotatable bonds is 2. The fraction of sp³-hybridized carbons (Fsp3) is 0.800. The van der Waals surface area contributed by atoms with Crippen LogP contribution in [0.1, 0.15) is 52.4 Å². The predicted molar refractivity (Wildman–Crippen MR) is 67.9 cm³/mol. The summed E-state index contributed by atoms with van der Waals surface area (Å²) in [5.41, 5.74) is 0.0282. The van der Waals surface area contributed by atoms with Crippen molar-refractivity contribution < 1.29 is 14.6 Å². The molecule has 18 heavy (non-hydrogen) atoms. The second-order valence-electron chi connectivity index (χ2n) is 7.01. The van der Waals surface area contributed by atoms with E-state index in [1.165, 1.54) is 6.42 Å². The van der Waals surface area contributed by atoms with Gasteiger partial charge in [-0.25, -0.2) is 4.79 Å². The molecule has 4 aliphatic carbocycles. The van der Waals surface area contributed by atoms with Gasteiger partial charge in [-0.2, -0.15) is 0 Å². The van der Waals surface area contributed by atoms with Gasteiger partial charge < -0.3 is 9.84 Å². The van der Waals surface area contributed by atoms with E-state index in [1.54, 1.807) is 6.08 Å². The van der Waals surface area contributed by atoms with Crippen LogP contribution in [0.5, 0.6) is 0 Å². The molecule has 0 aromatic heterocycles. The Morgan fingerprint density at radius 1 is 1.22 bits per heavy atom. The van der Waals surface area contributed by atoms with Gasteiger partial charge in [0.15, 0.2) is 0 Å². The van der Waals surface area contributed by atoms with Crippen LogP contribution in [0.15, 0.2) is 11.6 Å². The second-order valence-corrected chi connectivity index (χ2v) is 7.01. The highest BCUT2D eigenvalue weighted by molar-refractivity contribution is 5.83. The van der Waals surface area contributed by atoms with Gasteiger partial charge in [0.25, 0.3) is 0 Å². The van der Waals surface area contributed by atoms with Crippen molar-refractivity contribution in [1.82, 2.24) is 0 Å². The van der Waals surface area contributed by atoms with E-state index in [2.05, 4.69) is 0 Å². The second kappa shape index (κ2) is 3.83. The summed E-state index contributed by atoms with van der Waals surface area (Å²) < 4.78 is 5.75. The van der Waals surface area contributed by atoms with E-state index >= 15 is 0 Å². The van der Waals surface area contributed by atoms with Gasteiger partial charge in [0, 0.05) is 12.5 Å². The fourth-order valence-electron chi connectivity index (χ4n) is 4.73. The molecule has 4 fully saturated rings. The molecule has 0 aromatic rings. The van der Waals surface area contributed by atoms with E-state index < -0.39 is 5.60 Å². The smallest absolute Gasteiger partial charge is 0.331 e. The maximum atomic E-state index is 11.9. The topological polar surface area (TPSA) is 46.5 Å². The highest BCUT2D eigenvalue weighted by atomic mass is 16.6. The zero-order chi connectivity index (χ0) is 13.0. The van der Waals surface area contributed by atoms with Gasteiger partial charge in [-0.15, -0.1) is 0 Å². The van der Waals surface area contributed by atoms with Crippen molar-refractivity contribution in [3.8, 4) is 0 Å². The third-order valence-corrected chi connectivity index (χ3v) is 4.70. The maximum absolute atomic E-state index is 11.9. The van der Waals surface area contributed by atoms with E-state index in [4.69, 9.17) is 4.74 Å². The first-order chi connectivity index (χ1) is 8.38. The maximum Gasteiger partial charge on any atom is 0.331 e. The van der Waals surface area contributed by atoms with Crippen molar-refractivity contribution in [3.05, 3.63) is 11.6 Å². The van der Waals surface area contributed by atoms with E-state index in [9.17, 15) is 9.90 Å². The van der Waals surface area contributed by atoms with Gasteiger partial charge in [-0.1, -0.05) is 5.57 Å². The highest BCUT2D eigenvalue weighted by Crippen LogP contribution is 2.58. The lowest BCUT2D eigenvalue weighted by Gasteiger charge is -2.59. The molecule has 2 unspecified atom stereocenters. The molecule has 0 heterocycles. The van der Waals surface area contributed by atoms with Crippen molar-refractivity contribution in [2.24, 2.45) is 11.8 Å². The molecule has 0 aliphatic heterocycles. The summed E-state index contributed by atoms with van der Waals surface area (Å²) in [6.07, 6.45) is 7.14.